The summed E-state index contributed by atoms with van der Waals surface area (Å²) in [5, 5.41) is 13.9. The molecule has 76 valence electrons. The van der Waals surface area contributed by atoms with Gasteiger partial charge in [-0.3, -0.25) is 0 Å². The normalized spacial score (nSPS) is 19.1. The zero-order valence-corrected chi connectivity index (χ0v) is 8.05. The quantitative estimate of drug-likeness (QED) is 0.748. The minimum absolute atomic E-state index is 0.408. The molecule has 5 heteroatoms. The number of nitrogens with zero attached hydrogens (tertiary/aromatic N) is 3. The van der Waals surface area contributed by atoms with Crippen LogP contribution < -0.4 is 0 Å². The predicted octanol–water partition coefficient (Wildman–Crippen LogP) is 0.808. The fraction of sp³-hybridized carbons (Fsp3) is 0.300. The van der Waals surface area contributed by atoms with Gasteiger partial charge in [-0.05, 0) is 16.8 Å². The van der Waals surface area contributed by atoms with Crippen molar-refractivity contribution in [2.24, 2.45) is 0 Å². The van der Waals surface area contributed by atoms with Crippen molar-refractivity contribution in [3.05, 3.63) is 29.8 Å². The SMILES string of the molecule is c1cc(CC2CO2)cc(-c2nn[nH]n2)c1. The number of rotatable bonds is 3. The molecule has 1 aliphatic heterocycles. The molecule has 0 aliphatic carbocycles. The molecule has 1 fully saturated rings. The Morgan fingerprint density at radius 3 is 3.13 bits per heavy atom. The second kappa shape index (κ2) is 3.43. The highest BCUT2D eigenvalue weighted by Gasteiger charge is 2.22. The molecule has 1 aromatic carbocycles. The van der Waals surface area contributed by atoms with Gasteiger partial charge in [-0.15, -0.1) is 10.2 Å². The Hall–Kier alpha value is -1.75. The van der Waals surface area contributed by atoms with Crippen molar-refractivity contribution in [2.75, 3.05) is 6.61 Å². The number of ether oxygens (including phenoxy) is 1. The third-order valence-corrected chi connectivity index (χ3v) is 2.40. The second-order valence-electron chi connectivity index (χ2n) is 3.60. The fourth-order valence-corrected chi connectivity index (χ4v) is 1.57. The summed E-state index contributed by atoms with van der Waals surface area (Å²) in [6, 6.07) is 8.14. The highest BCUT2D eigenvalue weighted by molar-refractivity contribution is 5.54. The van der Waals surface area contributed by atoms with Gasteiger partial charge in [0.2, 0.25) is 5.82 Å². The average molecular weight is 202 g/mol. The van der Waals surface area contributed by atoms with E-state index in [-0.39, 0.29) is 0 Å². The van der Waals surface area contributed by atoms with Gasteiger partial charge >= 0.3 is 0 Å². The minimum Gasteiger partial charge on any atom is -0.373 e. The summed E-state index contributed by atoms with van der Waals surface area (Å²) in [6.07, 6.45) is 1.37. The Bertz CT molecular complexity index is 450. The largest absolute Gasteiger partial charge is 0.373 e. The number of benzene rings is 1. The van der Waals surface area contributed by atoms with E-state index in [0.717, 1.165) is 18.6 Å². The van der Waals surface area contributed by atoms with E-state index in [0.29, 0.717) is 11.9 Å². The Morgan fingerprint density at radius 1 is 1.47 bits per heavy atom. The molecule has 2 heterocycles. The van der Waals surface area contributed by atoms with Gasteiger partial charge in [-0.2, -0.15) is 5.21 Å². The first-order valence-electron chi connectivity index (χ1n) is 4.86. The molecular formula is C10H10N4O. The average Bonchev–Trinajstić information content (AvgIpc) is 2.91. The number of hydrogen-bond donors (Lipinski definition) is 1. The van der Waals surface area contributed by atoms with Crippen LogP contribution in [-0.2, 0) is 11.2 Å². The maximum atomic E-state index is 5.19. The van der Waals surface area contributed by atoms with E-state index in [9.17, 15) is 0 Å². The molecular weight excluding hydrogens is 192 g/mol. The first-order chi connectivity index (χ1) is 7.42. The number of nitrogens with one attached hydrogen (secondary N) is 1. The summed E-state index contributed by atoms with van der Waals surface area (Å²) in [5.41, 5.74) is 2.24. The van der Waals surface area contributed by atoms with Gasteiger partial charge in [-0.25, -0.2) is 0 Å². The Balaban J connectivity index is 1.88. The summed E-state index contributed by atoms with van der Waals surface area (Å²) >= 11 is 0. The van der Waals surface area contributed by atoms with Crippen molar-refractivity contribution in [3.8, 4) is 11.4 Å². The lowest BCUT2D eigenvalue weighted by molar-refractivity contribution is 0.407. The molecule has 0 radical (unpaired) electrons. The molecule has 0 amide bonds. The number of hydrogen-bond acceptors (Lipinski definition) is 4. The first-order valence-corrected chi connectivity index (χ1v) is 4.86. The molecule has 3 rings (SSSR count). The molecule has 0 spiro atoms. The lowest BCUT2D eigenvalue weighted by Gasteiger charge is -1.99. The third kappa shape index (κ3) is 1.87. The van der Waals surface area contributed by atoms with E-state index in [1.807, 2.05) is 12.1 Å². The molecule has 5 nitrogen and oxygen atoms in total. The fourth-order valence-electron chi connectivity index (χ4n) is 1.57. The van der Waals surface area contributed by atoms with Crippen molar-refractivity contribution in [2.45, 2.75) is 12.5 Å². The molecule has 2 aromatic rings. The Kier molecular flexibility index (Phi) is 1.96. The van der Waals surface area contributed by atoms with E-state index < -0.39 is 0 Å². The van der Waals surface area contributed by atoms with Crippen molar-refractivity contribution in [1.29, 1.82) is 0 Å². The van der Waals surface area contributed by atoms with Gasteiger partial charge in [0.05, 0.1) is 12.7 Å². The highest BCUT2D eigenvalue weighted by Crippen LogP contribution is 2.20. The Morgan fingerprint density at radius 2 is 2.40 bits per heavy atom. The number of H-pyrrole nitrogens is 1. The molecule has 1 unspecified atom stereocenters. The summed E-state index contributed by atoms with van der Waals surface area (Å²) in [5.74, 6) is 0.633. The van der Waals surface area contributed by atoms with Crippen LogP contribution in [0.15, 0.2) is 24.3 Å². The lowest BCUT2D eigenvalue weighted by Crippen LogP contribution is -1.93. The van der Waals surface area contributed by atoms with Gasteiger partial charge in [0.15, 0.2) is 0 Å². The zero-order chi connectivity index (χ0) is 10.1. The predicted molar refractivity (Wildman–Crippen MR) is 53.1 cm³/mol. The lowest BCUT2D eigenvalue weighted by atomic mass is 10.1. The number of aromatic nitrogens is 4. The van der Waals surface area contributed by atoms with E-state index in [1.54, 1.807) is 0 Å². The number of aromatic amines is 1. The summed E-state index contributed by atoms with van der Waals surface area (Å²) in [7, 11) is 0. The van der Waals surface area contributed by atoms with Crippen LogP contribution in [0, 0.1) is 0 Å². The maximum absolute atomic E-state index is 5.19. The summed E-state index contributed by atoms with van der Waals surface area (Å²) < 4.78 is 5.19. The molecule has 15 heavy (non-hydrogen) atoms. The van der Waals surface area contributed by atoms with Gasteiger partial charge in [0, 0.05) is 12.0 Å². The van der Waals surface area contributed by atoms with Crippen LogP contribution >= 0.6 is 0 Å². The topological polar surface area (TPSA) is 67.0 Å². The van der Waals surface area contributed by atoms with E-state index in [2.05, 4.69) is 32.8 Å². The third-order valence-electron chi connectivity index (χ3n) is 2.40. The first kappa shape index (κ1) is 8.55. The summed E-state index contributed by atoms with van der Waals surface area (Å²) in [4.78, 5) is 0. The number of tetrazole rings is 1. The van der Waals surface area contributed by atoms with Gasteiger partial charge < -0.3 is 4.74 Å². The summed E-state index contributed by atoms with van der Waals surface area (Å²) in [6.45, 7) is 0.881. The van der Waals surface area contributed by atoms with Crippen LogP contribution in [0.3, 0.4) is 0 Å². The molecule has 0 bridgehead atoms. The van der Waals surface area contributed by atoms with Crippen LogP contribution in [0.1, 0.15) is 5.56 Å². The maximum Gasteiger partial charge on any atom is 0.204 e. The van der Waals surface area contributed by atoms with Crippen LogP contribution in [0.4, 0.5) is 0 Å². The van der Waals surface area contributed by atoms with Gasteiger partial charge in [0.25, 0.3) is 0 Å². The van der Waals surface area contributed by atoms with Crippen molar-refractivity contribution in [3.63, 3.8) is 0 Å². The molecule has 1 aliphatic rings. The van der Waals surface area contributed by atoms with Gasteiger partial charge in [0.1, 0.15) is 0 Å². The monoisotopic (exact) mass is 202 g/mol. The van der Waals surface area contributed by atoms with Gasteiger partial charge in [-0.1, -0.05) is 18.2 Å². The molecule has 1 atom stereocenters. The van der Waals surface area contributed by atoms with Crippen LogP contribution in [0.5, 0.6) is 0 Å². The standard InChI is InChI=1S/C10H10N4O/c1-2-7(5-9-6-15-9)4-8(3-1)10-11-13-14-12-10/h1-4,9H,5-6H2,(H,11,12,13,14). The molecule has 1 saturated heterocycles. The van der Waals surface area contributed by atoms with Crippen molar-refractivity contribution < 1.29 is 4.74 Å². The van der Waals surface area contributed by atoms with E-state index in [1.165, 1.54) is 5.56 Å². The van der Waals surface area contributed by atoms with Crippen LogP contribution in [0.2, 0.25) is 0 Å². The van der Waals surface area contributed by atoms with Crippen molar-refractivity contribution >= 4 is 0 Å². The Labute approximate surface area is 86.5 Å². The van der Waals surface area contributed by atoms with E-state index >= 15 is 0 Å². The smallest absolute Gasteiger partial charge is 0.204 e. The van der Waals surface area contributed by atoms with Crippen LogP contribution in [0.25, 0.3) is 11.4 Å². The molecule has 1 N–H and O–H groups in total. The van der Waals surface area contributed by atoms with Crippen LogP contribution in [-0.4, -0.2) is 33.3 Å². The molecule has 0 saturated carbocycles. The second-order valence-corrected chi connectivity index (χ2v) is 3.60. The molecule has 1 aromatic heterocycles. The minimum atomic E-state index is 0.408. The number of epoxide rings is 1. The van der Waals surface area contributed by atoms with E-state index in [4.69, 9.17) is 4.74 Å². The zero-order valence-electron chi connectivity index (χ0n) is 8.05. The highest BCUT2D eigenvalue weighted by atomic mass is 16.6. The van der Waals surface area contributed by atoms with Crippen molar-refractivity contribution in [1.82, 2.24) is 20.6 Å².